The predicted molar refractivity (Wildman–Crippen MR) is 64.2 cm³/mol. The number of benzene rings is 1. The molecule has 1 rings (SSSR count). The third kappa shape index (κ3) is 3.51. The average Bonchev–Trinajstić information content (AvgIpc) is 2.21. The molecule has 0 aromatic heterocycles. The Hall–Kier alpha value is -1.09. The largest absolute Gasteiger partial charge is 0.497 e. The highest BCUT2D eigenvalue weighted by Crippen LogP contribution is 2.23. The van der Waals surface area contributed by atoms with Crippen molar-refractivity contribution in [2.75, 3.05) is 7.11 Å². The van der Waals surface area contributed by atoms with Gasteiger partial charge in [0, 0.05) is 10.9 Å². The van der Waals surface area contributed by atoms with E-state index in [2.05, 4.69) is 15.9 Å². The third-order valence-corrected chi connectivity index (χ3v) is 2.74. The van der Waals surface area contributed by atoms with Gasteiger partial charge in [0.2, 0.25) is 0 Å². The SMILES string of the molecule is C/C=C/C(=O)Cc1cc(OC)ccc1Br. The zero-order valence-electron chi connectivity index (χ0n) is 8.79. The second kappa shape index (κ2) is 5.71. The van der Waals surface area contributed by atoms with Crippen LogP contribution >= 0.6 is 15.9 Å². The van der Waals surface area contributed by atoms with Crippen molar-refractivity contribution in [2.45, 2.75) is 13.3 Å². The molecule has 0 aliphatic rings. The molecule has 0 N–H and O–H groups in total. The summed E-state index contributed by atoms with van der Waals surface area (Å²) in [6.45, 7) is 1.83. The van der Waals surface area contributed by atoms with E-state index in [9.17, 15) is 4.79 Å². The second-order valence-electron chi connectivity index (χ2n) is 3.10. The fraction of sp³-hybridized carbons (Fsp3) is 0.250. The maximum atomic E-state index is 11.4. The summed E-state index contributed by atoms with van der Waals surface area (Å²) in [5, 5.41) is 0. The first-order chi connectivity index (χ1) is 7.17. The van der Waals surface area contributed by atoms with Gasteiger partial charge in [-0.1, -0.05) is 22.0 Å². The fourth-order valence-corrected chi connectivity index (χ4v) is 1.63. The number of carbonyl (C=O) groups excluding carboxylic acids is 1. The van der Waals surface area contributed by atoms with Crippen LogP contribution in [0.1, 0.15) is 12.5 Å². The molecular weight excluding hydrogens is 256 g/mol. The highest BCUT2D eigenvalue weighted by Gasteiger charge is 2.05. The van der Waals surface area contributed by atoms with Crippen molar-refractivity contribution in [3.05, 3.63) is 40.4 Å². The quantitative estimate of drug-likeness (QED) is 0.785. The number of hydrogen-bond donors (Lipinski definition) is 0. The fourth-order valence-electron chi connectivity index (χ4n) is 1.25. The molecule has 0 saturated heterocycles. The summed E-state index contributed by atoms with van der Waals surface area (Å²) < 4.78 is 6.03. The summed E-state index contributed by atoms with van der Waals surface area (Å²) in [7, 11) is 1.61. The van der Waals surface area contributed by atoms with Gasteiger partial charge in [-0.2, -0.15) is 0 Å². The molecule has 0 atom stereocenters. The zero-order chi connectivity index (χ0) is 11.3. The van der Waals surface area contributed by atoms with E-state index in [4.69, 9.17) is 4.74 Å². The van der Waals surface area contributed by atoms with Crippen molar-refractivity contribution >= 4 is 21.7 Å². The lowest BCUT2D eigenvalue weighted by Crippen LogP contribution is -1.99. The number of rotatable bonds is 4. The van der Waals surface area contributed by atoms with Crippen LogP contribution in [0.2, 0.25) is 0 Å². The van der Waals surface area contributed by atoms with Gasteiger partial charge >= 0.3 is 0 Å². The van der Waals surface area contributed by atoms with Gasteiger partial charge < -0.3 is 4.74 Å². The van der Waals surface area contributed by atoms with Gasteiger partial charge in [-0.3, -0.25) is 4.79 Å². The maximum absolute atomic E-state index is 11.4. The van der Waals surface area contributed by atoms with Crippen molar-refractivity contribution in [3.8, 4) is 5.75 Å². The van der Waals surface area contributed by atoms with Crippen molar-refractivity contribution in [3.63, 3.8) is 0 Å². The first kappa shape index (κ1) is 12.0. The first-order valence-corrected chi connectivity index (χ1v) is 5.44. The minimum absolute atomic E-state index is 0.0893. The van der Waals surface area contributed by atoms with Crippen LogP contribution in [0.5, 0.6) is 5.75 Å². The molecule has 0 unspecified atom stereocenters. The lowest BCUT2D eigenvalue weighted by Gasteiger charge is -2.05. The molecule has 2 nitrogen and oxygen atoms in total. The third-order valence-electron chi connectivity index (χ3n) is 1.97. The summed E-state index contributed by atoms with van der Waals surface area (Å²) in [5.74, 6) is 0.855. The minimum Gasteiger partial charge on any atom is -0.497 e. The molecule has 0 fully saturated rings. The molecule has 0 amide bonds. The van der Waals surface area contributed by atoms with Crippen LogP contribution in [-0.2, 0) is 11.2 Å². The molecule has 80 valence electrons. The summed E-state index contributed by atoms with van der Waals surface area (Å²) in [4.78, 5) is 11.4. The summed E-state index contributed by atoms with van der Waals surface area (Å²) >= 11 is 3.41. The number of methoxy groups -OCH3 is 1. The highest BCUT2D eigenvalue weighted by atomic mass is 79.9. The van der Waals surface area contributed by atoms with Crippen LogP contribution in [0.15, 0.2) is 34.8 Å². The van der Waals surface area contributed by atoms with Crippen molar-refractivity contribution in [1.82, 2.24) is 0 Å². The highest BCUT2D eigenvalue weighted by molar-refractivity contribution is 9.10. The lowest BCUT2D eigenvalue weighted by molar-refractivity contribution is -0.114. The van der Waals surface area contributed by atoms with Gasteiger partial charge in [-0.25, -0.2) is 0 Å². The van der Waals surface area contributed by atoms with Crippen molar-refractivity contribution in [1.29, 1.82) is 0 Å². The standard InChI is InChI=1S/C12H13BrO2/c1-3-4-10(14)7-9-8-11(15-2)5-6-12(9)13/h3-6,8H,7H2,1-2H3/b4-3+. The molecule has 0 aliphatic carbocycles. The Balaban J connectivity index is 2.88. The van der Waals surface area contributed by atoms with Gasteiger partial charge in [0.05, 0.1) is 7.11 Å². The van der Waals surface area contributed by atoms with Crippen LogP contribution in [0.25, 0.3) is 0 Å². The van der Waals surface area contributed by atoms with Crippen LogP contribution in [-0.4, -0.2) is 12.9 Å². The molecule has 3 heteroatoms. The van der Waals surface area contributed by atoms with Crippen molar-refractivity contribution in [2.24, 2.45) is 0 Å². The number of ketones is 1. The number of ether oxygens (including phenoxy) is 1. The van der Waals surface area contributed by atoms with E-state index in [1.807, 2.05) is 25.1 Å². The summed E-state index contributed by atoms with van der Waals surface area (Å²) in [5.41, 5.74) is 0.942. The molecule has 0 aliphatic heterocycles. The molecule has 15 heavy (non-hydrogen) atoms. The summed E-state index contributed by atoms with van der Waals surface area (Å²) in [6.07, 6.45) is 3.71. The smallest absolute Gasteiger partial charge is 0.159 e. The maximum Gasteiger partial charge on any atom is 0.159 e. The zero-order valence-corrected chi connectivity index (χ0v) is 10.4. The number of carbonyl (C=O) groups is 1. The van der Waals surface area contributed by atoms with Gasteiger partial charge in [0.1, 0.15) is 5.75 Å². The predicted octanol–water partition coefficient (Wildman–Crippen LogP) is 3.15. The summed E-state index contributed by atoms with van der Waals surface area (Å²) in [6, 6.07) is 5.61. The van der Waals surface area contributed by atoms with E-state index in [1.165, 1.54) is 0 Å². The average molecular weight is 269 g/mol. The Labute approximate surface area is 98.1 Å². The lowest BCUT2D eigenvalue weighted by atomic mass is 10.1. The van der Waals surface area contributed by atoms with E-state index in [0.717, 1.165) is 15.8 Å². The Morgan fingerprint density at radius 2 is 2.27 bits per heavy atom. The molecule has 0 bridgehead atoms. The number of allylic oxidation sites excluding steroid dienone is 2. The normalized spacial score (nSPS) is 10.6. The molecular formula is C12H13BrO2. The second-order valence-corrected chi connectivity index (χ2v) is 3.95. The van der Waals surface area contributed by atoms with Crippen LogP contribution < -0.4 is 4.74 Å². The van der Waals surface area contributed by atoms with E-state index in [-0.39, 0.29) is 5.78 Å². The van der Waals surface area contributed by atoms with Crippen LogP contribution in [0.3, 0.4) is 0 Å². The van der Waals surface area contributed by atoms with Gasteiger partial charge in [0.25, 0.3) is 0 Å². The van der Waals surface area contributed by atoms with Gasteiger partial charge in [-0.15, -0.1) is 0 Å². The topological polar surface area (TPSA) is 26.3 Å². The number of hydrogen-bond acceptors (Lipinski definition) is 2. The van der Waals surface area contributed by atoms with E-state index < -0.39 is 0 Å². The minimum atomic E-state index is 0.0893. The molecule has 1 aromatic carbocycles. The monoisotopic (exact) mass is 268 g/mol. The molecule has 0 saturated carbocycles. The molecule has 0 heterocycles. The van der Waals surface area contributed by atoms with E-state index >= 15 is 0 Å². The van der Waals surface area contributed by atoms with Crippen molar-refractivity contribution < 1.29 is 9.53 Å². The first-order valence-electron chi connectivity index (χ1n) is 4.65. The molecule has 0 radical (unpaired) electrons. The van der Waals surface area contributed by atoms with Crippen LogP contribution in [0.4, 0.5) is 0 Å². The Kier molecular flexibility index (Phi) is 4.56. The Morgan fingerprint density at radius 3 is 2.87 bits per heavy atom. The van der Waals surface area contributed by atoms with Gasteiger partial charge in [0.15, 0.2) is 5.78 Å². The molecule has 1 aromatic rings. The van der Waals surface area contributed by atoms with E-state index in [1.54, 1.807) is 19.3 Å². The Morgan fingerprint density at radius 1 is 1.53 bits per heavy atom. The van der Waals surface area contributed by atoms with Crippen LogP contribution in [0, 0.1) is 0 Å². The number of halogens is 1. The Bertz CT molecular complexity index is 383. The van der Waals surface area contributed by atoms with Gasteiger partial charge in [-0.05, 0) is 36.8 Å². The van der Waals surface area contributed by atoms with E-state index in [0.29, 0.717) is 6.42 Å². The molecule has 0 spiro atoms.